The van der Waals surface area contributed by atoms with Gasteiger partial charge in [0.1, 0.15) is 0 Å². The second-order valence-corrected chi connectivity index (χ2v) is 6.25. The molecular weight excluding hydrogens is 252 g/mol. The maximum absolute atomic E-state index is 5.43. The van der Waals surface area contributed by atoms with Gasteiger partial charge in [-0.05, 0) is 68.1 Å². The van der Waals surface area contributed by atoms with E-state index in [1.165, 1.54) is 36.8 Å². The third-order valence-corrected chi connectivity index (χ3v) is 4.13. The van der Waals surface area contributed by atoms with Crippen LogP contribution in [0.5, 0.6) is 0 Å². The zero-order valence-corrected chi connectivity index (χ0v) is 12.9. The Balaban J connectivity index is 1.93. The van der Waals surface area contributed by atoms with Crippen molar-refractivity contribution in [3.63, 3.8) is 0 Å². The van der Waals surface area contributed by atoms with Gasteiger partial charge in [0, 0.05) is 11.7 Å². The molecule has 1 aromatic carbocycles. The van der Waals surface area contributed by atoms with E-state index in [-0.39, 0.29) is 0 Å². The molecule has 2 rings (SSSR count). The van der Waals surface area contributed by atoms with Crippen LogP contribution in [0, 0.1) is 19.8 Å². The lowest BCUT2D eigenvalue weighted by molar-refractivity contribution is 0.309. The minimum atomic E-state index is 0.527. The molecule has 3 heteroatoms. The fraction of sp³-hybridized carbons (Fsp3) is 0.562. The van der Waals surface area contributed by atoms with E-state index in [0.717, 1.165) is 10.8 Å². The van der Waals surface area contributed by atoms with Crippen LogP contribution in [0.3, 0.4) is 0 Å². The van der Waals surface area contributed by atoms with Crippen molar-refractivity contribution in [1.29, 1.82) is 0 Å². The highest BCUT2D eigenvalue weighted by atomic mass is 32.1. The van der Waals surface area contributed by atoms with Gasteiger partial charge < -0.3 is 10.6 Å². The van der Waals surface area contributed by atoms with Gasteiger partial charge in [0.05, 0.1) is 0 Å². The first kappa shape index (κ1) is 14.3. The first-order valence-electron chi connectivity index (χ1n) is 7.20. The van der Waals surface area contributed by atoms with Gasteiger partial charge in [0.25, 0.3) is 0 Å². The molecule has 1 fully saturated rings. The Labute approximate surface area is 122 Å². The number of nitrogens with one attached hydrogen (secondary N) is 2. The van der Waals surface area contributed by atoms with Crippen LogP contribution in [0.15, 0.2) is 18.2 Å². The van der Waals surface area contributed by atoms with E-state index in [4.69, 9.17) is 12.2 Å². The van der Waals surface area contributed by atoms with Gasteiger partial charge in [0.2, 0.25) is 0 Å². The Kier molecular flexibility index (Phi) is 4.81. The largest absolute Gasteiger partial charge is 0.359 e. The second kappa shape index (κ2) is 6.38. The standard InChI is InChI=1S/C16H24N2S/c1-11-8-12(2)10-14(9-11)17-16(19)18-15-7-5-4-6-13(15)3/h8-10,13,15H,4-7H2,1-3H3,(H2,17,18,19)/t13-,15-/m0/s1. The summed E-state index contributed by atoms with van der Waals surface area (Å²) in [5.41, 5.74) is 3.60. The Bertz CT molecular complexity index is 436. The van der Waals surface area contributed by atoms with Crippen LogP contribution in [-0.2, 0) is 0 Å². The van der Waals surface area contributed by atoms with E-state index in [9.17, 15) is 0 Å². The molecule has 0 aromatic heterocycles. The maximum atomic E-state index is 5.43. The molecule has 104 valence electrons. The van der Waals surface area contributed by atoms with E-state index in [1.807, 2.05) is 0 Å². The zero-order valence-electron chi connectivity index (χ0n) is 12.1. The summed E-state index contributed by atoms with van der Waals surface area (Å²) in [5, 5.41) is 7.54. The molecule has 2 atom stereocenters. The monoisotopic (exact) mass is 276 g/mol. The Hall–Kier alpha value is -1.09. The van der Waals surface area contributed by atoms with Gasteiger partial charge in [-0.25, -0.2) is 0 Å². The highest BCUT2D eigenvalue weighted by Gasteiger charge is 2.21. The predicted octanol–water partition coefficient (Wildman–Crippen LogP) is 4.17. The molecule has 19 heavy (non-hydrogen) atoms. The van der Waals surface area contributed by atoms with Crippen LogP contribution in [0.25, 0.3) is 0 Å². The predicted molar refractivity (Wildman–Crippen MR) is 86.7 cm³/mol. The number of rotatable bonds is 2. The quantitative estimate of drug-likeness (QED) is 0.793. The molecule has 1 saturated carbocycles. The van der Waals surface area contributed by atoms with Gasteiger partial charge in [-0.15, -0.1) is 0 Å². The van der Waals surface area contributed by atoms with E-state index >= 15 is 0 Å². The Morgan fingerprint density at radius 3 is 2.37 bits per heavy atom. The number of hydrogen-bond donors (Lipinski definition) is 2. The van der Waals surface area contributed by atoms with Gasteiger partial charge in [-0.2, -0.15) is 0 Å². The highest BCUT2D eigenvalue weighted by molar-refractivity contribution is 7.80. The van der Waals surface area contributed by atoms with Gasteiger partial charge >= 0.3 is 0 Å². The summed E-state index contributed by atoms with van der Waals surface area (Å²) in [4.78, 5) is 0. The summed E-state index contributed by atoms with van der Waals surface area (Å²) in [6, 6.07) is 6.96. The smallest absolute Gasteiger partial charge is 0.171 e. The van der Waals surface area contributed by atoms with Gasteiger partial charge in [0.15, 0.2) is 5.11 Å². The van der Waals surface area contributed by atoms with Crippen molar-refractivity contribution in [3.05, 3.63) is 29.3 Å². The van der Waals surface area contributed by atoms with E-state index in [0.29, 0.717) is 12.0 Å². The molecule has 0 heterocycles. The molecule has 0 aliphatic heterocycles. The molecule has 0 saturated heterocycles. The van der Waals surface area contributed by atoms with Gasteiger partial charge in [-0.1, -0.05) is 25.8 Å². The summed E-state index contributed by atoms with van der Waals surface area (Å²) in [7, 11) is 0. The number of thiocarbonyl (C=S) groups is 1. The van der Waals surface area contributed by atoms with Crippen LogP contribution in [0.4, 0.5) is 5.69 Å². The minimum Gasteiger partial charge on any atom is -0.359 e. The van der Waals surface area contributed by atoms with E-state index < -0.39 is 0 Å². The molecule has 0 bridgehead atoms. The van der Waals surface area contributed by atoms with Crippen LogP contribution in [0.1, 0.15) is 43.7 Å². The first-order valence-corrected chi connectivity index (χ1v) is 7.61. The Morgan fingerprint density at radius 1 is 1.11 bits per heavy atom. The van der Waals surface area contributed by atoms with E-state index in [2.05, 4.69) is 49.6 Å². The number of anilines is 1. The lowest BCUT2D eigenvalue weighted by atomic mass is 9.86. The van der Waals surface area contributed by atoms with Crippen LogP contribution >= 0.6 is 12.2 Å². The third kappa shape index (κ3) is 4.20. The van der Waals surface area contributed by atoms with Crippen molar-refractivity contribution in [2.45, 2.75) is 52.5 Å². The Morgan fingerprint density at radius 2 is 1.74 bits per heavy atom. The molecule has 0 unspecified atom stereocenters. The molecule has 0 amide bonds. The van der Waals surface area contributed by atoms with E-state index in [1.54, 1.807) is 0 Å². The summed E-state index contributed by atoms with van der Waals surface area (Å²) in [6.07, 6.45) is 5.21. The number of hydrogen-bond acceptors (Lipinski definition) is 1. The van der Waals surface area contributed by atoms with Crippen LogP contribution in [-0.4, -0.2) is 11.2 Å². The molecule has 2 N–H and O–H groups in total. The van der Waals surface area contributed by atoms with Crippen molar-refractivity contribution in [3.8, 4) is 0 Å². The van der Waals surface area contributed by atoms with Crippen molar-refractivity contribution >= 4 is 23.0 Å². The second-order valence-electron chi connectivity index (χ2n) is 5.84. The summed E-state index contributed by atoms with van der Waals surface area (Å²) in [6.45, 7) is 6.53. The summed E-state index contributed by atoms with van der Waals surface area (Å²) < 4.78 is 0. The fourth-order valence-corrected chi connectivity index (χ4v) is 3.18. The SMILES string of the molecule is Cc1cc(C)cc(NC(=S)N[C@H]2CCCC[C@@H]2C)c1. The molecule has 0 radical (unpaired) electrons. The average molecular weight is 276 g/mol. The van der Waals surface area contributed by atoms with Crippen molar-refractivity contribution < 1.29 is 0 Å². The minimum absolute atomic E-state index is 0.527. The molecule has 2 nitrogen and oxygen atoms in total. The molecule has 1 aromatic rings. The summed E-state index contributed by atoms with van der Waals surface area (Å²) in [5.74, 6) is 0.716. The molecule has 0 spiro atoms. The van der Waals surface area contributed by atoms with Crippen molar-refractivity contribution in [2.75, 3.05) is 5.32 Å². The van der Waals surface area contributed by atoms with Crippen molar-refractivity contribution in [2.24, 2.45) is 5.92 Å². The average Bonchev–Trinajstić information content (AvgIpc) is 2.30. The highest BCUT2D eigenvalue weighted by Crippen LogP contribution is 2.23. The lowest BCUT2D eigenvalue weighted by Crippen LogP contribution is -2.43. The first-order chi connectivity index (χ1) is 9.04. The normalized spacial score (nSPS) is 22.9. The molecular formula is C16H24N2S. The number of aryl methyl sites for hydroxylation is 2. The van der Waals surface area contributed by atoms with Crippen molar-refractivity contribution in [1.82, 2.24) is 5.32 Å². The zero-order chi connectivity index (χ0) is 13.8. The topological polar surface area (TPSA) is 24.1 Å². The van der Waals surface area contributed by atoms with Gasteiger partial charge in [-0.3, -0.25) is 0 Å². The van der Waals surface area contributed by atoms with Crippen LogP contribution in [0.2, 0.25) is 0 Å². The molecule has 1 aliphatic rings. The number of benzene rings is 1. The molecule has 1 aliphatic carbocycles. The maximum Gasteiger partial charge on any atom is 0.171 e. The summed E-state index contributed by atoms with van der Waals surface area (Å²) >= 11 is 5.43. The lowest BCUT2D eigenvalue weighted by Gasteiger charge is -2.30. The van der Waals surface area contributed by atoms with Crippen LogP contribution < -0.4 is 10.6 Å². The third-order valence-electron chi connectivity index (χ3n) is 3.91. The fourth-order valence-electron chi connectivity index (χ4n) is 2.91.